The lowest BCUT2D eigenvalue weighted by atomic mass is 10.0. The smallest absolute Gasteiger partial charge is 0.243 e. The van der Waals surface area contributed by atoms with Crippen LogP contribution < -0.4 is 10.1 Å². The molecule has 0 aliphatic rings. The van der Waals surface area contributed by atoms with Crippen molar-refractivity contribution in [2.24, 2.45) is 0 Å². The molecule has 0 fully saturated rings. The quantitative estimate of drug-likeness (QED) is 0.477. The molecule has 0 saturated carbocycles. The molecule has 172 valence electrons. The van der Waals surface area contributed by atoms with E-state index < -0.39 is 6.04 Å². The maximum Gasteiger partial charge on any atom is 0.243 e. The predicted molar refractivity (Wildman–Crippen MR) is 131 cm³/mol. The van der Waals surface area contributed by atoms with Crippen LogP contribution in [0.2, 0.25) is 0 Å². The number of amides is 2. The van der Waals surface area contributed by atoms with Crippen LogP contribution >= 0.6 is 0 Å². The molecule has 3 rings (SSSR count). The van der Waals surface area contributed by atoms with Crippen LogP contribution in [0.1, 0.15) is 30.0 Å². The Hall–Kier alpha value is -3.60. The summed E-state index contributed by atoms with van der Waals surface area (Å²) in [6, 6.07) is 26.5. The number of hydrogen-bond acceptors (Lipinski definition) is 3. The van der Waals surface area contributed by atoms with E-state index in [0.29, 0.717) is 19.5 Å². The largest absolute Gasteiger partial charge is 0.497 e. The molecule has 2 amide bonds. The van der Waals surface area contributed by atoms with Gasteiger partial charge in [0.15, 0.2) is 0 Å². The SMILES string of the molecule is CCCNC(=O)[C@H](Cc1ccccc1)N(Cc1ccccc1)C(=O)Cc1ccc(OC)cc1. The number of rotatable bonds is 11. The average Bonchev–Trinajstić information content (AvgIpc) is 2.86. The molecule has 0 aliphatic carbocycles. The Morgan fingerprint density at radius 2 is 1.45 bits per heavy atom. The van der Waals surface area contributed by atoms with E-state index in [1.54, 1.807) is 12.0 Å². The second-order valence-electron chi connectivity index (χ2n) is 8.03. The van der Waals surface area contributed by atoms with Gasteiger partial charge in [0.2, 0.25) is 11.8 Å². The molecule has 0 aromatic heterocycles. The summed E-state index contributed by atoms with van der Waals surface area (Å²) in [5.74, 6) is 0.532. The molecule has 0 heterocycles. The minimum Gasteiger partial charge on any atom is -0.497 e. The van der Waals surface area contributed by atoms with Gasteiger partial charge in [0.05, 0.1) is 13.5 Å². The van der Waals surface area contributed by atoms with Crippen LogP contribution in [0.5, 0.6) is 5.75 Å². The molecule has 0 unspecified atom stereocenters. The highest BCUT2D eigenvalue weighted by molar-refractivity contribution is 5.88. The lowest BCUT2D eigenvalue weighted by Gasteiger charge is -2.31. The lowest BCUT2D eigenvalue weighted by Crippen LogP contribution is -2.51. The first-order chi connectivity index (χ1) is 16.1. The second kappa shape index (κ2) is 12.4. The van der Waals surface area contributed by atoms with Crippen LogP contribution in [0, 0.1) is 0 Å². The van der Waals surface area contributed by atoms with Crippen LogP contribution in [0.25, 0.3) is 0 Å². The summed E-state index contributed by atoms with van der Waals surface area (Å²) in [7, 11) is 1.62. The van der Waals surface area contributed by atoms with Gasteiger partial charge < -0.3 is 15.0 Å². The van der Waals surface area contributed by atoms with E-state index in [1.807, 2.05) is 91.9 Å². The Morgan fingerprint density at radius 3 is 2.03 bits per heavy atom. The summed E-state index contributed by atoms with van der Waals surface area (Å²) in [5.41, 5.74) is 2.89. The summed E-state index contributed by atoms with van der Waals surface area (Å²) < 4.78 is 5.23. The van der Waals surface area contributed by atoms with Crippen LogP contribution in [0.3, 0.4) is 0 Å². The second-order valence-corrected chi connectivity index (χ2v) is 8.03. The standard InChI is InChI=1S/C28H32N2O3/c1-3-18-29-28(32)26(19-22-10-6-4-7-11-22)30(21-24-12-8-5-9-13-24)27(31)20-23-14-16-25(33-2)17-15-23/h4-17,26H,3,18-21H2,1-2H3,(H,29,32)/t26-/m0/s1. The van der Waals surface area contributed by atoms with Crippen molar-refractivity contribution in [3.63, 3.8) is 0 Å². The summed E-state index contributed by atoms with van der Waals surface area (Å²) >= 11 is 0. The van der Waals surface area contributed by atoms with E-state index in [1.165, 1.54) is 0 Å². The van der Waals surface area contributed by atoms with Crippen LogP contribution in [-0.4, -0.2) is 36.4 Å². The fourth-order valence-electron chi connectivity index (χ4n) is 3.72. The van der Waals surface area contributed by atoms with E-state index in [0.717, 1.165) is 28.9 Å². The Morgan fingerprint density at radius 1 is 0.848 bits per heavy atom. The van der Waals surface area contributed by atoms with Gasteiger partial charge in [-0.3, -0.25) is 9.59 Å². The van der Waals surface area contributed by atoms with Crippen molar-refractivity contribution in [2.75, 3.05) is 13.7 Å². The van der Waals surface area contributed by atoms with Gasteiger partial charge in [0, 0.05) is 19.5 Å². The normalized spacial score (nSPS) is 11.5. The average molecular weight is 445 g/mol. The van der Waals surface area contributed by atoms with Gasteiger partial charge in [-0.25, -0.2) is 0 Å². The summed E-state index contributed by atoms with van der Waals surface area (Å²) in [6.45, 7) is 2.96. The Balaban J connectivity index is 1.91. The number of benzene rings is 3. The fraction of sp³-hybridized carbons (Fsp3) is 0.286. The number of carbonyl (C=O) groups excluding carboxylic acids is 2. The first-order valence-electron chi connectivity index (χ1n) is 11.4. The van der Waals surface area contributed by atoms with Crippen LogP contribution in [-0.2, 0) is 29.0 Å². The Labute approximate surface area is 196 Å². The number of methoxy groups -OCH3 is 1. The molecular formula is C28H32N2O3. The zero-order chi connectivity index (χ0) is 23.5. The number of nitrogens with one attached hydrogen (secondary N) is 1. The van der Waals surface area contributed by atoms with E-state index in [4.69, 9.17) is 4.74 Å². The third kappa shape index (κ3) is 7.21. The number of ether oxygens (including phenoxy) is 1. The van der Waals surface area contributed by atoms with Crippen LogP contribution in [0.4, 0.5) is 0 Å². The summed E-state index contributed by atoms with van der Waals surface area (Å²) in [5, 5.41) is 3.00. The molecule has 5 heteroatoms. The highest BCUT2D eigenvalue weighted by Crippen LogP contribution is 2.18. The van der Waals surface area contributed by atoms with E-state index >= 15 is 0 Å². The van der Waals surface area contributed by atoms with Crippen molar-refractivity contribution in [3.05, 3.63) is 102 Å². The number of hydrogen-bond donors (Lipinski definition) is 1. The molecular weight excluding hydrogens is 412 g/mol. The highest BCUT2D eigenvalue weighted by Gasteiger charge is 2.30. The van der Waals surface area contributed by atoms with Gasteiger partial charge >= 0.3 is 0 Å². The first-order valence-corrected chi connectivity index (χ1v) is 11.4. The molecule has 0 aliphatic heterocycles. The lowest BCUT2D eigenvalue weighted by molar-refractivity contribution is -0.140. The van der Waals surface area contributed by atoms with E-state index in [-0.39, 0.29) is 18.2 Å². The number of nitrogens with zero attached hydrogens (tertiary/aromatic N) is 1. The topological polar surface area (TPSA) is 58.6 Å². The molecule has 33 heavy (non-hydrogen) atoms. The minimum absolute atomic E-state index is 0.0865. The van der Waals surface area contributed by atoms with Crippen molar-refractivity contribution in [1.29, 1.82) is 0 Å². The van der Waals surface area contributed by atoms with Gasteiger partial charge in [-0.1, -0.05) is 79.7 Å². The summed E-state index contributed by atoms with van der Waals surface area (Å²) in [4.78, 5) is 28.6. The predicted octanol–water partition coefficient (Wildman–Crippen LogP) is 4.40. The first kappa shape index (κ1) is 24.1. The van der Waals surface area contributed by atoms with Gasteiger partial charge in [0.25, 0.3) is 0 Å². The fourth-order valence-corrected chi connectivity index (χ4v) is 3.72. The highest BCUT2D eigenvalue weighted by atomic mass is 16.5. The van der Waals surface area contributed by atoms with Gasteiger partial charge in [0.1, 0.15) is 11.8 Å². The van der Waals surface area contributed by atoms with Crippen molar-refractivity contribution < 1.29 is 14.3 Å². The Bertz CT molecular complexity index is 1000. The van der Waals surface area contributed by atoms with Crippen LogP contribution in [0.15, 0.2) is 84.9 Å². The minimum atomic E-state index is -0.607. The van der Waals surface area contributed by atoms with E-state index in [2.05, 4.69) is 5.32 Å². The summed E-state index contributed by atoms with van der Waals surface area (Å²) in [6.07, 6.45) is 1.50. The monoisotopic (exact) mass is 444 g/mol. The van der Waals surface area contributed by atoms with Crippen molar-refractivity contribution in [2.45, 2.75) is 38.8 Å². The third-order valence-corrected chi connectivity index (χ3v) is 5.53. The van der Waals surface area contributed by atoms with Crippen molar-refractivity contribution in [1.82, 2.24) is 10.2 Å². The van der Waals surface area contributed by atoms with Crippen molar-refractivity contribution >= 4 is 11.8 Å². The maximum absolute atomic E-state index is 13.6. The number of carbonyl (C=O) groups is 2. The molecule has 5 nitrogen and oxygen atoms in total. The molecule has 3 aromatic carbocycles. The molecule has 0 saturated heterocycles. The molecule has 0 bridgehead atoms. The van der Waals surface area contributed by atoms with Gasteiger partial charge in [-0.2, -0.15) is 0 Å². The molecule has 3 aromatic rings. The zero-order valence-electron chi connectivity index (χ0n) is 19.4. The molecule has 1 atom stereocenters. The van der Waals surface area contributed by atoms with Crippen molar-refractivity contribution in [3.8, 4) is 5.75 Å². The zero-order valence-corrected chi connectivity index (χ0v) is 19.4. The van der Waals surface area contributed by atoms with Gasteiger partial charge in [-0.05, 0) is 35.2 Å². The van der Waals surface area contributed by atoms with E-state index in [9.17, 15) is 9.59 Å². The molecule has 1 N–H and O–H groups in total. The molecule has 0 spiro atoms. The molecule has 0 radical (unpaired) electrons. The Kier molecular flexibility index (Phi) is 9.07. The maximum atomic E-state index is 13.6. The van der Waals surface area contributed by atoms with Gasteiger partial charge in [-0.15, -0.1) is 0 Å². The third-order valence-electron chi connectivity index (χ3n) is 5.53.